The number of hydrogen-bond acceptors (Lipinski definition) is 5. The van der Waals surface area contributed by atoms with Crippen molar-refractivity contribution < 1.29 is 19.1 Å². The van der Waals surface area contributed by atoms with Gasteiger partial charge in [-0.15, -0.1) is 11.8 Å². The number of carbonyl (C=O) groups is 2. The van der Waals surface area contributed by atoms with Gasteiger partial charge in [0.25, 0.3) is 0 Å². The van der Waals surface area contributed by atoms with Gasteiger partial charge in [0.2, 0.25) is 11.8 Å². The van der Waals surface area contributed by atoms with Crippen LogP contribution in [0, 0.1) is 5.92 Å². The lowest BCUT2D eigenvalue weighted by Gasteiger charge is -2.32. The zero-order valence-electron chi connectivity index (χ0n) is 17.2. The number of benzene rings is 1. The molecule has 0 aromatic heterocycles. The highest BCUT2D eigenvalue weighted by molar-refractivity contribution is 7.99. The lowest BCUT2D eigenvalue weighted by atomic mass is 10.1. The quantitative estimate of drug-likeness (QED) is 0.831. The van der Waals surface area contributed by atoms with Crippen molar-refractivity contribution >= 4 is 23.6 Å². The van der Waals surface area contributed by atoms with Gasteiger partial charge in [-0.1, -0.05) is 19.9 Å². The third-order valence-electron chi connectivity index (χ3n) is 4.24. The van der Waals surface area contributed by atoms with Crippen molar-refractivity contribution in [2.45, 2.75) is 51.6 Å². The standard InChI is InChI=1S/C20H30N2O4S/c1-12(2)18(24)22-14(17(23)21-20(3,4)5)11-27-19(22)13-8-9-15(25-6)16(10-13)26-7/h8-10,12,14,19H,11H2,1-7H3,(H,21,23). The Morgan fingerprint density at radius 2 is 1.81 bits per heavy atom. The van der Waals surface area contributed by atoms with Crippen LogP contribution in [0.25, 0.3) is 0 Å². The molecule has 27 heavy (non-hydrogen) atoms. The molecular weight excluding hydrogens is 364 g/mol. The van der Waals surface area contributed by atoms with Crippen molar-refractivity contribution in [3.63, 3.8) is 0 Å². The summed E-state index contributed by atoms with van der Waals surface area (Å²) < 4.78 is 10.7. The number of rotatable bonds is 5. The van der Waals surface area contributed by atoms with Gasteiger partial charge in [0.1, 0.15) is 11.4 Å². The molecule has 0 radical (unpaired) electrons. The summed E-state index contributed by atoms with van der Waals surface area (Å²) in [6.45, 7) is 9.53. The third-order valence-corrected chi connectivity index (χ3v) is 5.57. The molecule has 6 nitrogen and oxygen atoms in total. The molecule has 7 heteroatoms. The van der Waals surface area contributed by atoms with Crippen molar-refractivity contribution in [2.24, 2.45) is 5.92 Å². The molecule has 150 valence electrons. The molecule has 1 aliphatic heterocycles. The maximum absolute atomic E-state index is 13.0. The summed E-state index contributed by atoms with van der Waals surface area (Å²) in [7, 11) is 3.17. The number of hydrogen-bond donors (Lipinski definition) is 1. The Hall–Kier alpha value is -1.89. The first-order valence-electron chi connectivity index (χ1n) is 9.06. The van der Waals surface area contributed by atoms with Crippen LogP contribution in [0.1, 0.15) is 45.6 Å². The molecule has 1 aliphatic rings. The van der Waals surface area contributed by atoms with Gasteiger partial charge < -0.3 is 19.7 Å². The second kappa shape index (κ2) is 8.42. The molecule has 1 fully saturated rings. The number of ether oxygens (including phenoxy) is 2. The van der Waals surface area contributed by atoms with E-state index in [9.17, 15) is 9.59 Å². The molecule has 2 rings (SSSR count). The Kier molecular flexibility index (Phi) is 6.68. The van der Waals surface area contributed by atoms with E-state index in [1.54, 1.807) is 30.9 Å². The van der Waals surface area contributed by atoms with Crippen LogP contribution in [0.15, 0.2) is 18.2 Å². The molecule has 0 saturated carbocycles. The van der Waals surface area contributed by atoms with E-state index in [1.165, 1.54) is 0 Å². The smallest absolute Gasteiger partial charge is 0.244 e. The Bertz CT molecular complexity index is 700. The molecule has 2 amide bonds. The minimum absolute atomic E-state index is 0.0335. The number of methoxy groups -OCH3 is 2. The topological polar surface area (TPSA) is 67.9 Å². The Balaban J connectivity index is 2.38. The summed E-state index contributed by atoms with van der Waals surface area (Å²) in [5, 5.41) is 2.77. The van der Waals surface area contributed by atoms with Gasteiger partial charge >= 0.3 is 0 Å². The van der Waals surface area contributed by atoms with Crippen molar-refractivity contribution in [3.05, 3.63) is 23.8 Å². The van der Waals surface area contributed by atoms with E-state index >= 15 is 0 Å². The molecule has 2 unspecified atom stereocenters. The highest BCUT2D eigenvalue weighted by Gasteiger charge is 2.43. The maximum Gasteiger partial charge on any atom is 0.244 e. The summed E-state index contributed by atoms with van der Waals surface area (Å²) >= 11 is 1.59. The number of amides is 2. The normalized spacial score (nSPS) is 19.9. The molecule has 1 aromatic rings. The average molecular weight is 395 g/mol. The Morgan fingerprint density at radius 1 is 1.19 bits per heavy atom. The SMILES string of the molecule is COc1ccc(C2SCC(C(=O)NC(C)(C)C)N2C(=O)C(C)C)cc1OC. The van der Waals surface area contributed by atoms with Crippen LogP contribution in [0.2, 0.25) is 0 Å². The largest absolute Gasteiger partial charge is 0.493 e. The van der Waals surface area contributed by atoms with Crippen LogP contribution in [-0.4, -0.2) is 48.3 Å². The van der Waals surface area contributed by atoms with Gasteiger partial charge in [-0.2, -0.15) is 0 Å². The second-order valence-corrected chi connectivity index (χ2v) is 9.07. The van der Waals surface area contributed by atoms with E-state index in [0.29, 0.717) is 17.3 Å². The fraction of sp³-hybridized carbons (Fsp3) is 0.600. The minimum atomic E-state index is -0.498. The number of nitrogens with zero attached hydrogens (tertiary/aromatic N) is 1. The lowest BCUT2D eigenvalue weighted by Crippen LogP contribution is -2.53. The summed E-state index contributed by atoms with van der Waals surface area (Å²) in [5.74, 6) is 1.44. The predicted molar refractivity (Wildman–Crippen MR) is 108 cm³/mol. The van der Waals surface area contributed by atoms with Gasteiger partial charge in [-0.3, -0.25) is 9.59 Å². The van der Waals surface area contributed by atoms with Gasteiger partial charge in [-0.25, -0.2) is 0 Å². The second-order valence-electron chi connectivity index (χ2n) is 7.96. The van der Waals surface area contributed by atoms with E-state index in [0.717, 1.165) is 5.56 Å². The van der Waals surface area contributed by atoms with Crippen LogP contribution >= 0.6 is 11.8 Å². The first-order valence-corrected chi connectivity index (χ1v) is 10.1. The van der Waals surface area contributed by atoms with Crippen molar-refractivity contribution in [1.82, 2.24) is 10.2 Å². The monoisotopic (exact) mass is 394 g/mol. The molecule has 2 atom stereocenters. The van der Waals surface area contributed by atoms with Crippen LogP contribution < -0.4 is 14.8 Å². The lowest BCUT2D eigenvalue weighted by molar-refractivity contribution is -0.142. The summed E-state index contributed by atoms with van der Waals surface area (Å²) in [5.41, 5.74) is 0.563. The van der Waals surface area contributed by atoms with Crippen LogP contribution in [0.4, 0.5) is 0 Å². The predicted octanol–water partition coefficient (Wildman–Crippen LogP) is 3.22. The molecule has 1 aromatic carbocycles. The van der Waals surface area contributed by atoms with Gasteiger partial charge in [0.15, 0.2) is 11.5 Å². The van der Waals surface area contributed by atoms with Crippen LogP contribution in [0.3, 0.4) is 0 Å². The maximum atomic E-state index is 13.0. The van der Waals surface area contributed by atoms with Gasteiger partial charge in [0.05, 0.1) is 14.2 Å². The van der Waals surface area contributed by atoms with E-state index in [-0.39, 0.29) is 28.6 Å². The summed E-state index contributed by atoms with van der Waals surface area (Å²) in [6, 6.07) is 5.13. The third kappa shape index (κ3) is 4.89. The zero-order chi connectivity index (χ0) is 20.4. The highest BCUT2D eigenvalue weighted by atomic mass is 32.2. The molecular formula is C20H30N2O4S. The van der Waals surface area contributed by atoms with E-state index in [4.69, 9.17) is 9.47 Å². The number of carbonyl (C=O) groups excluding carboxylic acids is 2. The number of thioether (sulfide) groups is 1. The van der Waals surface area contributed by atoms with Crippen LogP contribution in [0.5, 0.6) is 11.5 Å². The van der Waals surface area contributed by atoms with Gasteiger partial charge in [-0.05, 0) is 38.5 Å². The van der Waals surface area contributed by atoms with Crippen molar-refractivity contribution in [1.29, 1.82) is 0 Å². The van der Waals surface area contributed by atoms with E-state index < -0.39 is 6.04 Å². The molecule has 1 N–H and O–H groups in total. The molecule has 0 aliphatic carbocycles. The molecule has 1 heterocycles. The van der Waals surface area contributed by atoms with Crippen LogP contribution in [-0.2, 0) is 9.59 Å². The Morgan fingerprint density at radius 3 is 2.33 bits per heavy atom. The molecule has 1 saturated heterocycles. The Labute approximate surface area is 166 Å². The van der Waals surface area contributed by atoms with E-state index in [1.807, 2.05) is 52.8 Å². The minimum Gasteiger partial charge on any atom is -0.493 e. The zero-order valence-corrected chi connectivity index (χ0v) is 18.0. The first kappa shape index (κ1) is 21.4. The number of nitrogens with one attached hydrogen (secondary N) is 1. The summed E-state index contributed by atoms with van der Waals surface area (Å²) in [6.07, 6.45) is 0. The fourth-order valence-electron chi connectivity index (χ4n) is 2.99. The fourth-order valence-corrected chi connectivity index (χ4v) is 4.42. The first-order chi connectivity index (χ1) is 12.6. The van der Waals surface area contributed by atoms with Crippen molar-refractivity contribution in [2.75, 3.05) is 20.0 Å². The highest BCUT2D eigenvalue weighted by Crippen LogP contribution is 2.44. The molecule has 0 bridgehead atoms. The van der Waals surface area contributed by atoms with Gasteiger partial charge in [0, 0.05) is 17.2 Å². The summed E-state index contributed by atoms with van der Waals surface area (Å²) in [4.78, 5) is 27.5. The average Bonchev–Trinajstić information content (AvgIpc) is 3.03. The van der Waals surface area contributed by atoms with Crippen molar-refractivity contribution in [3.8, 4) is 11.5 Å². The molecule has 0 spiro atoms. The van der Waals surface area contributed by atoms with E-state index in [2.05, 4.69) is 5.32 Å².